The molecular formula is C22H24FN3O3. The largest absolute Gasteiger partial charge is 0.366 e. The number of hydrogen-bond acceptors (Lipinski definition) is 4. The number of nitro benzene ring substituents is 1. The molecule has 0 bridgehead atoms. The second-order valence-corrected chi connectivity index (χ2v) is 7.83. The van der Waals surface area contributed by atoms with Crippen LogP contribution in [0.5, 0.6) is 0 Å². The fourth-order valence-electron chi connectivity index (χ4n) is 4.05. The summed E-state index contributed by atoms with van der Waals surface area (Å²) in [6, 6.07) is 13.4. The van der Waals surface area contributed by atoms with E-state index >= 15 is 0 Å². The Morgan fingerprint density at radius 1 is 1.07 bits per heavy atom. The van der Waals surface area contributed by atoms with Crippen molar-refractivity contribution < 1.29 is 14.1 Å². The van der Waals surface area contributed by atoms with E-state index in [1.807, 2.05) is 9.80 Å². The Bertz CT molecular complexity index is 890. The lowest BCUT2D eigenvalue weighted by Gasteiger charge is -2.35. The zero-order valence-corrected chi connectivity index (χ0v) is 16.2. The van der Waals surface area contributed by atoms with Crippen molar-refractivity contribution in [1.29, 1.82) is 0 Å². The minimum Gasteiger partial charge on any atom is -0.366 e. The molecule has 2 aromatic carbocycles. The molecule has 2 aliphatic rings. The third-order valence-corrected chi connectivity index (χ3v) is 5.80. The first-order valence-electron chi connectivity index (χ1n) is 10.1. The second-order valence-electron chi connectivity index (χ2n) is 7.83. The van der Waals surface area contributed by atoms with Crippen molar-refractivity contribution in [2.75, 3.05) is 18.0 Å². The van der Waals surface area contributed by atoms with E-state index in [4.69, 9.17) is 0 Å². The maximum absolute atomic E-state index is 13.2. The summed E-state index contributed by atoms with van der Waals surface area (Å²) in [5, 5.41) is 11.3. The van der Waals surface area contributed by atoms with Crippen molar-refractivity contribution in [2.24, 2.45) is 5.92 Å². The third kappa shape index (κ3) is 4.39. The van der Waals surface area contributed by atoms with E-state index in [1.165, 1.54) is 18.2 Å². The van der Waals surface area contributed by atoms with Crippen LogP contribution in [0.2, 0.25) is 0 Å². The van der Waals surface area contributed by atoms with Crippen molar-refractivity contribution in [3.8, 4) is 0 Å². The monoisotopic (exact) mass is 397 g/mol. The topological polar surface area (TPSA) is 66.7 Å². The number of nitrogens with zero attached hydrogens (tertiary/aromatic N) is 3. The van der Waals surface area contributed by atoms with Crippen LogP contribution in [-0.4, -0.2) is 34.9 Å². The second kappa shape index (κ2) is 8.19. The first kappa shape index (κ1) is 19.4. The number of benzene rings is 2. The van der Waals surface area contributed by atoms with Gasteiger partial charge in [-0.15, -0.1) is 0 Å². The highest BCUT2D eigenvalue weighted by Crippen LogP contribution is 2.34. The van der Waals surface area contributed by atoms with Gasteiger partial charge in [-0.2, -0.15) is 0 Å². The molecule has 0 spiro atoms. The Labute approximate surface area is 169 Å². The lowest BCUT2D eigenvalue weighted by atomic mass is 9.94. The average molecular weight is 397 g/mol. The van der Waals surface area contributed by atoms with Crippen LogP contribution < -0.4 is 4.90 Å². The molecular weight excluding hydrogens is 373 g/mol. The van der Waals surface area contributed by atoms with Crippen LogP contribution in [0.1, 0.15) is 31.2 Å². The Hall–Kier alpha value is -2.96. The van der Waals surface area contributed by atoms with Crippen molar-refractivity contribution in [3.05, 3.63) is 70.0 Å². The summed E-state index contributed by atoms with van der Waals surface area (Å²) < 4.78 is 13.2. The Morgan fingerprint density at radius 3 is 2.34 bits per heavy atom. The van der Waals surface area contributed by atoms with Crippen molar-refractivity contribution in [3.63, 3.8) is 0 Å². The molecule has 4 rings (SSSR count). The number of rotatable bonds is 6. The van der Waals surface area contributed by atoms with E-state index in [0.29, 0.717) is 38.2 Å². The van der Waals surface area contributed by atoms with E-state index in [9.17, 15) is 19.3 Å². The quantitative estimate of drug-likeness (QED) is 0.543. The molecule has 1 saturated carbocycles. The fourth-order valence-corrected chi connectivity index (χ4v) is 4.05. The SMILES string of the molecule is O=C(C1CCN(c2ccccc2[N+](=O)[O-])CC1)N(Cc1ccc(F)cc1)C1CC1. The minimum atomic E-state index is -0.357. The van der Waals surface area contributed by atoms with Crippen LogP contribution in [0, 0.1) is 21.8 Å². The zero-order valence-electron chi connectivity index (χ0n) is 16.2. The maximum atomic E-state index is 13.2. The van der Waals surface area contributed by atoms with Gasteiger partial charge in [0, 0.05) is 37.7 Å². The molecule has 6 nitrogen and oxygen atoms in total. The number of halogens is 1. The summed E-state index contributed by atoms with van der Waals surface area (Å²) in [6.45, 7) is 1.75. The molecule has 1 aliphatic heterocycles. The average Bonchev–Trinajstić information content (AvgIpc) is 3.58. The van der Waals surface area contributed by atoms with Gasteiger partial charge in [-0.3, -0.25) is 14.9 Å². The van der Waals surface area contributed by atoms with E-state index in [2.05, 4.69) is 0 Å². The predicted molar refractivity (Wildman–Crippen MR) is 108 cm³/mol. The van der Waals surface area contributed by atoms with Gasteiger partial charge in [-0.25, -0.2) is 4.39 Å². The van der Waals surface area contributed by atoms with E-state index in [0.717, 1.165) is 18.4 Å². The lowest BCUT2D eigenvalue weighted by molar-refractivity contribution is -0.384. The summed E-state index contributed by atoms with van der Waals surface area (Å²) in [5.74, 6) is -0.200. The van der Waals surface area contributed by atoms with Gasteiger partial charge in [0.05, 0.1) is 4.92 Å². The zero-order chi connectivity index (χ0) is 20.4. The molecule has 0 aromatic heterocycles. The van der Waals surface area contributed by atoms with Crippen LogP contribution in [0.15, 0.2) is 48.5 Å². The molecule has 1 amide bonds. The van der Waals surface area contributed by atoms with Crippen LogP contribution in [0.4, 0.5) is 15.8 Å². The highest BCUT2D eigenvalue weighted by atomic mass is 19.1. The van der Waals surface area contributed by atoms with Gasteiger partial charge in [0.25, 0.3) is 5.69 Å². The molecule has 0 atom stereocenters. The fraction of sp³-hybridized carbons (Fsp3) is 0.409. The summed E-state index contributed by atoms with van der Waals surface area (Å²) in [6.07, 6.45) is 3.39. The molecule has 152 valence electrons. The summed E-state index contributed by atoms with van der Waals surface area (Å²) in [5.41, 5.74) is 1.66. The number of nitro groups is 1. The molecule has 1 saturated heterocycles. The Balaban J connectivity index is 1.41. The normalized spacial score (nSPS) is 17.2. The van der Waals surface area contributed by atoms with Gasteiger partial charge in [0.15, 0.2) is 0 Å². The first-order chi connectivity index (χ1) is 14.0. The lowest BCUT2D eigenvalue weighted by Crippen LogP contribution is -2.43. The molecule has 0 N–H and O–H groups in total. The number of carbonyl (C=O) groups is 1. The third-order valence-electron chi connectivity index (χ3n) is 5.80. The number of para-hydroxylation sites is 2. The van der Waals surface area contributed by atoms with Crippen LogP contribution in [0.25, 0.3) is 0 Å². The molecule has 7 heteroatoms. The van der Waals surface area contributed by atoms with E-state index in [-0.39, 0.29) is 34.3 Å². The van der Waals surface area contributed by atoms with E-state index < -0.39 is 0 Å². The van der Waals surface area contributed by atoms with Gasteiger partial charge in [-0.05, 0) is 49.4 Å². The molecule has 0 radical (unpaired) electrons. The molecule has 2 fully saturated rings. The molecule has 0 unspecified atom stereocenters. The van der Waals surface area contributed by atoms with Crippen LogP contribution in [0.3, 0.4) is 0 Å². The summed E-state index contributed by atoms with van der Waals surface area (Å²) in [4.78, 5) is 28.1. The van der Waals surface area contributed by atoms with Crippen molar-refractivity contribution in [1.82, 2.24) is 4.90 Å². The summed E-state index contributed by atoms with van der Waals surface area (Å²) in [7, 11) is 0. The summed E-state index contributed by atoms with van der Waals surface area (Å²) >= 11 is 0. The Kier molecular flexibility index (Phi) is 5.47. The molecule has 29 heavy (non-hydrogen) atoms. The number of carbonyl (C=O) groups excluding carboxylic acids is 1. The van der Waals surface area contributed by atoms with Crippen LogP contribution >= 0.6 is 0 Å². The maximum Gasteiger partial charge on any atom is 0.292 e. The number of anilines is 1. The standard InChI is InChI=1S/C22H24FN3O3/c23-18-7-5-16(6-8-18)15-25(19-9-10-19)22(27)17-11-13-24(14-12-17)20-3-1-2-4-21(20)26(28)29/h1-8,17,19H,9-15H2. The van der Waals surface area contributed by atoms with Crippen LogP contribution in [-0.2, 0) is 11.3 Å². The predicted octanol–water partition coefficient (Wildman–Crippen LogP) is 4.14. The highest BCUT2D eigenvalue weighted by Gasteiger charge is 2.37. The smallest absolute Gasteiger partial charge is 0.292 e. The van der Waals surface area contributed by atoms with Gasteiger partial charge in [0.2, 0.25) is 5.91 Å². The van der Waals surface area contributed by atoms with Gasteiger partial charge in [0.1, 0.15) is 11.5 Å². The van der Waals surface area contributed by atoms with Crippen molar-refractivity contribution >= 4 is 17.3 Å². The molecule has 2 aromatic rings. The van der Waals surface area contributed by atoms with E-state index in [1.54, 1.807) is 30.3 Å². The highest BCUT2D eigenvalue weighted by molar-refractivity contribution is 5.80. The number of piperidine rings is 1. The number of amides is 1. The van der Waals surface area contributed by atoms with Gasteiger partial charge in [-0.1, -0.05) is 24.3 Å². The first-order valence-corrected chi connectivity index (χ1v) is 10.1. The molecule has 1 aliphatic carbocycles. The van der Waals surface area contributed by atoms with Gasteiger partial charge >= 0.3 is 0 Å². The Morgan fingerprint density at radius 2 is 1.72 bits per heavy atom. The minimum absolute atomic E-state index is 0.0740. The molecule has 1 heterocycles. The van der Waals surface area contributed by atoms with Gasteiger partial charge < -0.3 is 9.80 Å². The van der Waals surface area contributed by atoms with Crippen molar-refractivity contribution in [2.45, 2.75) is 38.3 Å². The number of hydrogen-bond donors (Lipinski definition) is 0.